The van der Waals surface area contributed by atoms with Crippen molar-refractivity contribution in [2.75, 3.05) is 0 Å². The second-order valence-corrected chi connectivity index (χ2v) is 13.2. The quantitative estimate of drug-likeness (QED) is 0.338. The van der Waals surface area contributed by atoms with E-state index in [2.05, 4.69) is 52.2 Å². The molecule has 0 bridgehead atoms. The number of rotatable bonds is 10. The first kappa shape index (κ1) is 28.2. The summed E-state index contributed by atoms with van der Waals surface area (Å²) in [6.07, 6.45) is 16.0. The van der Waals surface area contributed by atoms with E-state index in [-0.39, 0.29) is 11.8 Å². The summed E-state index contributed by atoms with van der Waals surface area (Å²) in [5.74, 6) is 2.04. The summed E-state index contributed by atoms with van der Waals surface area (Å²) in [5.41, 5.74) is 0.780. The molecule has 0 atom stereocenters. The van der Waals surface area contributed by atoms with Gasteiger partial charge in [0.15, 0.2) is 0 Å². The van der Waals surface area contributed by atoms with Gasteiger partial charge in [0, 0.05) is 24.9 Å². The minimum absolute atomic E-state index is 0.231. The van der Waals surface area contributed by atoms with Gasteiger partial charge >= 0.3 is 0 Å². The molecule has 0 saturated heterocycles. The Morgan fingerprint density at radius 3 is 1.15 bits per heavy atom. The first-order chi connectivity index (χ1) is 15.4. The van der Waals surface area contributed by atoms with Crippen LogP contribution in [0.25, 0.3) is 0 Å². The van der Waals surface area contributed by atoms with Crippen molar-refractivity contribution in [3.8, 4) is 0 Å². The van der Waals surface area contributed by atoms with Crippen molar-refractivity contribution in [1.29, 1.82) is 0 Å². The standard InChI is InChI=1S/C29H54N2O2/c1-28(2,3)22-14-18-24(19-15-22)30-26(32)12-10-8-7-9-11-13-27(33)31-25-20-16-23(17-21-25)29(4,5)6/h22-25H,7-21H2,1-6H3,(H,30,32)(H,31,33). The van der Waals surface area contributed by atoms with Gasteiger partial charge in [-0.15, -0.1) is 0 Å². The van der Waals surface area contributed by atoms with Crippen molar-refractivity contribution in [1.82, 2.24) is 10.6 Å². The van der Waals surface area contributed by atoms with Crippen LogP contribution >= 0.6 is 0 Å². The molecule has 192 valence electrons. The average Bonchev–Trinajstić information content (AvgIpc) is 2.72. The minimum Gasteiger partial charge on any atom is -0.353 e. The molecule has 0 radical (unpaired) electrons. The predicted molar refractivity (Wildman–Crippen MR) is 139 cm³/mol. The van der Waals surface area contributed by atoms with Gasteiger partial charge in [0.1, 0.15) is 0 Å². The van der Waals surface area contributed by atoms with Crippen LogP contribution in [-0.2, 0) is 9.59 Å². The lowest BCUT2D eigenvalue weighted by atomic mass is 9.71. The highest BCUT2D eigenvalue weighted by Gasteiger charge is 2.31. The zero-order valence-electron chi connectivity index (χ0n) is 22.7. The smallest absolute Gasteiger partial charge is 0.220 e. The molecule has 0 aromatic carbocycles. The van der Waals surface area contributed by atoms with E-state index in [1.165, 1.54) is 25.7 Å². The highest BCUT2D eigenvalue weighted by Crippen LogP contribution is 2.38. The van der Waals surface area contributed by atoms with Gasteiger partial charge in [-0.1, -0.05) is 60.8 Å². The van der Waals surface area contributed by atoms with E-state index in [1.807, 2.05) is 0 Å². The maximum Gasteiger partial charge on any atom is 0.220 e. The molecule has 4 heteroatoms. The third kappa shape index (κ3) is 10.8. The van der Waals surface area contributed by atoms with Gasteiger partial charge in [-0.2, -0.15) is 0 Å². The molecule has 0 aromatic heterocycles. The van der Waals surface area contributed by atoms with Crippen LogP contribution in [0.15, 0.2) is 0 Å². The van der Waals surface area contributed by atoms with Crippen LogP contribution in [0.4, 0.5) is 0 Å². The summed E-state index contributed by atoms with van der Waals surface area (Å²) in [4.78, 5) is 24.5. The lowest BCUT2D eigenvalue weighted by molar-refractivity contribution is -0.123. The lowest BCUT2D eigenvalue weighted by Gasteiger charge is -2.37. The molecule has 0 aliphatic heterocycles. The van der Waals surface area contributed by atoms with Crippen molar-refractivity contribution in [2.24, 2.45) is 22.7 Å². The monoisotopic (exact) mass is 462 g/mol. The van der Waals surface area contributed by atoms with Crippen LogP contribution < -0.4 is 10.6 Å². The van der Waals surface area contributed by atoms with Crippen LogP contribution in [0.1, 0.15) is 138 Å². The topological polar surface area (TPSA) is 58.2 Å². The molecule has 0 unspecified atom stereocenters. The summed E-state index contributed by atoms with van der Waals surface area (Å²) in [6.45, 7) is 14.0. The Hall–Kier alpha value is -1.06. The molecule has 2 aliphatic carbocycles. The summed E-state index contributed by atoms with van der Waals surface area (Å²) >= 11 is 0. The Balaban J connectivity index is 1.44. The maximum atomic E-state index is 12.3. The van der Waals surface area contributed by atoms with E-state index < -0.39 is 0 Å². The van der Waals surface area contributed by atoms with E-state index in [0.29, 0.717) is 35.8 Å². The summed E-state index contributed by atoms with van der Waals surface area (Å²) in [7, 11) is 0. The summed E-state index contributed by atoms with van der Waals surface area (Å²) < 4.78 is 0. The van der Waals surface area contributed by atoms with E-state index in [4.69, 9.17) is 0 Å². The number of carbonyl (C=O) groups is 2. The first-order valence-electron chi connectivity index (χ1n) is 14.0. The molecular weight excluding hydrogens is 408 g/mol. The summed E-state index contributed by atoms with van der Waals surface area (Å²) in [6, 6.07) is 0.774. The molecule has 2 rings (SSSR count). The Labute approximate surface area is 204 Å². The normalized spacial score (nSPS) is 26.6. The molecule has 2 N–H and O–H groups in total. The van der Waals surface area contributed by atoms with Gasteiger partial charge in [-0.25, -0.2) is 0 Å². The van der Waals surface area contributed by atoms with Crippen LogP contribution in [0.5, 0.6) is 0 Å². The van der Waals surface area contributed by atoms with Crippen LogP contribution in [0.3, 0.4) is 0 Å². The van der Waals surface area contributed by atoms with Crippen molar-refractivity contribution in [3.63, 3.8) is 0 Å². The molecule has 0 spiro atoms. The minimum atomic E-state index is 0.231. The van der Waals surface area contributed by atoms with E-state index >= 15 is 0 Å². The highest BCUT2D eigenvalue weighted by molar-refractivity contribution is 5.76. The number of carbonyl (C=O) groups excluding carboxylic acids is 2. The van der Waals surface area contributed by atoms with E-state index in [9.17, 15) is 9.59 Å². The van der Waals surface area contributed by atoms with Crippen LogP contribution in [0.2, 0.25) is 0 Å². The molecule has 4 nitrogen and oxygen atoms in total. The fourth-order valence-corrected chi connectivity index (χ4v) is 5.91. The third-order valence-corrected chi connectivity index (χ3v) is 8.44. The largest absolute Gasteiger partial charge is 0.353 e. The second-order valence-electron chi connectivity index (χ2n) is 13.2. The SMILES string of the molecule is CC(C)(C)C1CCC(NC(=O)CCCCCCCC(=O)NC2CCC(C(C)(C)C)CC2)CC1. The van der Waals surface area contributed by atoms with Crippen molar-refractivity contribution < 1.29 is 9.59 Å². The highest BCUT2D eigenvalue weighted by atomic mass is 16.2. The Morgan fingerprint density at radius 2 is 0.848 bits per heavy atom. The zero-order chi connectivity index (χ0) is 24.5. The van der Waals surface area contributed by atoms with Crippen molar-refractivity contribution >= 4 is 11.8 Å². The van der Waals surface area contributed by atoms with Crippen LogP contribution in [0, 0.1) is 22.7 Å². The number of amides is 2. The number of hydrogen-bond donors (Lipinski definition) is 2. The van der Waals surface area contributed by atoms with Crippen LogP contribution in [-0.4, -0.2) is 23.9 Å². The van der Waals surface area contributed by atoms with E-state index in [1.54, 1.807) is 0 Å². The van der Waals surface area contributed by atoms with Gasteiger partial charge in [0.2, 0.25) is 11.8 Å². The summed E-state index contributed by atoms with van der Waals surface area (Å²) in [5, 5.41) is 6.53. The molecule has 0 aromatic rings. The molecule has 2 fully saturated rings. The number of unbranched alkanes of at least 4 members (excludes halogenated alkanes) is 4. The Bertz CT molecular complexity index is 534. The van der Waals surface area contributed by atoms with E-state index in [0.717, 1.165) is 69.6 Å². The Morgan fingerprint density at radius 1 is 0.545 bits per heavy atom. The Kier molecular flexibility index (Phi) is 11.2. The van der Waals surface area contributed by atoms with Gasteiger partial charge in [-0.3, -0.25) is 9.59 Å². The third-order valence-electron chi connectivity index (χ3n) is 8.44. The molecule has 33 heavy (non-hydrogen) atoms. The first-order valence-corrected chi connectivity index (χ1v) is 14.0. The maximum absolute atomic E-state index is 12.3. The van der Waals surface area contributed by atoms with Gasteiger partial charge in [0.25, 0.3) is 0 Å². The van der Waals surface area contributed by atoms with Crippen molar-refractivity contribution in [2.45, 2.75) is 150 Å². The molecular formula is C29H54N2O2. The molecule has 0 heterocycles. The zero-order valence-corrected chi connectivity index (χ0v) is 22.7. The molecule has 2 aliphatic rings. The second kappa shape index (κ2) is 13.1. The predicted octanol–water partition coefficient (Wildman–Crippen LogP) is 7.16. The van der Waals surface area contributed by atoms with Gasteiger partial charge < -0.3 is 10.6 Å². The number of nitrogens with one attached hydrogen (secondary N) is 2. The van der Waals surface area contributed by atoms with Crippen molar-refractivity contribution in [3.05, 3.63) is 0 Å². The van der Waals surface area contributed by atoms with Gasteiger partial charge in [0.05, 0.1) is 0 Å². The lowest BCUT2D eigenvalue weighted by Crippen LogP contribution is -2.39. The van der Waals surface area contributed by atoms with Gasteiger partial charge in [-0.05, 0) is 86.9 Å². The fourth-order valence-electron chi connectivity index (χ4n) is 5.91. The molecule has 2 amide bonds. The number of hydrogen-bond acceptors (Lipinski definition) is 2. The molecule has 2 saturated carbocycles. The fraction of sp³-hybridized carbons (Fsp3) is 0.931. The average molecular weight is 463 g/mol.